The molecule has 0 aromatic heterocycles. The third-order valence-electron chi connectivity index (χ3n) is 0.236. The Morgan fingerprint density at radius 3 is 2.00 bits per heavy atom. The zero-order chi connectivity index (χ0) is 3.41. The number of hydrogen-bond acceptors (Lipinski definition) is 1. The molecule has 0 spiro atoms. The molecule has 0 heterocycles. The van der Waals surface area contributed by atoms with Crippen molar-refractivity contribution in [2.45, 2.75) is 6.92 Å². The highest BCUT2D eigenvalue weighted by molar-refractivity contribution is 3.82. The smallest absolute Gasteiger partial charge is 0.0899 e. The van der Waals surface area contributed by atoms with E-state index in [-0.39, 0.29) is 17.0 Å². The molecule has 0 radical (unpaired) electrons. The first kappa shape index (κ1) is 9.04. The van der Waals surface area contributed by atoms with Gasteiger partial charge in [-0.15, -0.1) is 0 Å². The fourth-order valence-electron chi connectivity index (χ4n) is 0. The van der Waals surface area contributed by atoms with Gasteiger partial charge in [-0.2, -0.15) is 5.84 Å². The summed E-state index contributed by atoms with van der Waals surface area (Å²) in [5.74, 6) is 4.90. The van der Waals surface area contributed by atoms with E-state index in [1.807, 2.05) is 6.92 Å². The predicted molar refractivity (Wildman–Crippen MR) is 16.7 cm³/mol. The van der Waals surface area contributed by atoms with E-state index in [9.17, 15) is 0 Å². The molecule has 2 nitrogen and oxygen atoms in total. The zero-order valence-corrected chi connectivity index (χ0v) is 4.83. The van der Waals surface area contributed by atoms with Crippen LogP contribution >= 0.6 is 0 Å². The topological polar surface area (TPSA) is 42.6 Å². The standard InChI is InChI=1S/C2H8N2.BrH/c1-2-4-3;/h4H,2-3H2,1H3;1H. The van der Waals surface area contributed by atoms with Gasteiger partial charge in [-0.05, 0) is 6.92 Å². The molecule has 0 aliphatic rings. The molecular weight excluding hydrogens is 132 g/mol. The van der Waals surface area contributed by atoms with Crippen LogP contribution in [0.3, 0.4) is 0 Å². The molecular formula is C2H9BrN2. The van der Waals surface area contributed by atoms with Crippen molar-refractivity contribution in [3.8, 4) is 0 Å². The van der Waals surface area contributed by atoms with E-state index in [0.717, 1.165) is 6.54 Å². The summed E-state index contributed by atoms with van der Waals surface area (Å²) >= 11 is 0. The summed E-state index contributed by atoms with van der Waals surface area (Å²) in [5, 5.41) is 0. The SMILES string of the molecule is CC[NH2+]N.[Br-]. The minimum absolute atomic E-state index is 0. The molecule has 0 atom stereocenters. The van der Waals surface area contributed by atoms with Gasteiger partial charge in [0, 0.05) is 0 Å². The van der Waals surface area contributed by atoms with E-state index in [1.165, 1.54) is 0 Å². The first-order valence-corrected chi connectivity index (χ1v) is 1.45. The molecule has 0 bridgehead atoms. The Morgan fingerprint density at radius 2 is 2.00 bits per heavy atom. The normalized spacial score (nSPS) is 6.00. The Balaban J connectivity index is 0. The highest BCUT2D eigenvalue weighted by Gasteiger charge is 1.54. The van der Waals surface area contributed by atoms with E-state index in [4.69, 9.17) is 5.84 Å². The quantitative estimate of drug-likeness (QED) is 0.280. The van der Waals surface area contributed by atoms with Crippen LogP contribution in [-0.2, 0) is 0 Å². The molecule has 0 aliphatic heterocycles. The van der Waals surface area contributed by atoms with E-state index in [0.29, 0.717) is 0 Å². The van der Waals surface area contributed by atoms with Crippen molar-refractivity contribution in [1.82, 2.24) is 0 Å². The highest BCUT2D eigenvalue weighted by Crippen LogP contribution is 1.16. The monoisotopic (exact) mass is 140 g/mol. The van der Waals surface area contributed by atoms with Crippen molar-refractivity contribution < 1.29 is 22.4 Å². The molecule has 0 aromatic rings. The molecule has 0 fully saturated rings. The van der Waals surface area contributed by atoms with Crippen LogP contribution in [-0.4, -0.2) is 6.54 Å². The van der Waals surface area contributed by atoms with Crippen LogP contribution in [0.2, 0.25) is 0 Å². The van der Waals surface area contributed by atoms with Crippen molar-refractivity contribution in [3.05, 3.63) is 0 Å². The molecule has 0 saturated heterocycles. The largest absolute Gasteiger partial charge is 1.00 e. The van der Waals surface area contributed by atoms with Crippen LogP contribution in [0.4, 0.5) is 0 Å². The summed E-state index contributed by atoms with van der Waals surface area (Å²) in [6.07, 6.45) is 0. The Kier molecular flexibility index (Phi) is 16.0. The number of quaternary nitrogens is 1. The van der Waals surface area contributed by atoms with Crippen LogP contribution in [0.1, 0.15) is 6.92 Å². The minimum Gasteiger partial charge on any atom is -1.00 e. The van der Waals surface area contributed by atoms with E-state index in [1.54, 1.807) is 5.43 Å². The van der Waals surface area contributed by atoms with Gasteiger partial charge >= 0.3 is 0 Å². The van der Waals surface area contributed by atoms with Crippen LogP contribution in [0.25, 0.3) is 0 Å². The van der Waals surface area contributed by atoms with Gasteiger partial charge in [0.2, 0.25) is 0 Å². The summed E-state index contributed by atoms with van der Waals surface area (Å²) in [4.78, 5) is 0. The first-order valence-electron chi connectivity index (χ1n) is 1.45. The Hall–Kier alpha value is 0.400. The molecule has 4 N–H and O–H groups in total. The summed E-state index contributed by atoms with van der Waals surface area (Å²) in [7, 11) is 0. The number of hydrogen-bond donors (Lipinski definition) is 2. The third-order valence-corrected chi connectivity index (χ3v) is 0.236. The van der Waals surface area contributed by atoms with Crippen LogP contribution in [0.5, 0.6) is 0 Å². The lowest BCUT2D eigenvalue weighted by atomic mass is 10.8. The van der Waals surface area contributed by atoms with Crippen molar-refractivity contribution in [2.24, 2.45) is 5.84 Å². The third kappa shape index (κ3) is 12.9. The summed E-state index contributed by atoms with van der Waals surface area (Å²) in [6.45, 7) is 2.97. The Labute approximate surface area is 42.5 Å². The van der Waals surface area contributed by atoms with E-state index >= 15 is 0 Å². The number of halogens is 1. The van der Waals surface area contributed by atoms with Gasteiger partial charge in [-0.1, -0.05) is 0 Å². The Morgan fingerprint density at radius 1 is 1.80 bits per heavy atom. The lowest BCUT2D eigenvalue weighted by Crippen LogP contribution is -3.00. The molecule has 0 aromatic carbocycles. The van der Waals surface area contributed by atoms with Gasteiger partial charge in [0.15, 0.2) is 0 Å². The molecule has 0 amide bonds. The Bertz CT molecular complexity index is 9.61. The summed E-state index contributed by atoms with van der Waals surface area (Å²) in [5.41, 5.74) is 1.62. The molecule has 34 valence electrons. The van der Waals surface area contributed by atoms with Crippen LogP contribution < -0.4 is 28.2 Å². The average Bonchev–Trinajstić information content (AvgIpc) is 1.37. The molecule has 5 heavy (non-hydrogen) atoms. The molecule has 0 rings (SSSR count). The summed E-state index contributed by atoms with van der Waals surface area (Å²) in [6, 6.07) is 0. The summed E-state index contributed by atoms with van der Waals surface area (Å²) < 4.78 is 0. The van der Waals surface area contributed by atoms with Gasteiger partial charge in [-0.3, -0.25) is 5.43 Å². The second-order valence-corrected chi connectivity index (χ2v) is 0.644. The van der Waals surface area contributed by atoms with Gasteiger partial charge in [-0.25, -0.2) is 0 Å². The van der Waals surface area contributed by atoms with Crippen LogP contribution in [0, 0.1) is 0 Å². The maximum Gasteiger partial charge on any atom is 0.0899 e. The lowest BCUT2D eigenvalue weighted by Gasteiger charge is -1.73. The number of rotatable bonds is 1. The van der Waals surface area contributed by atoms with Crippen molar-refractivity contribution in [3.63, 3.8) is 0 Å². The van der Waals surface area contributed by atoms with Gasteiger partial charge in [0.1, 0.15) is 0 Å². The second-order valence-electron chi connectivity index (χ2n) is 0.644. The highest BCUT2D eigenvalue weighted by atomic mass is 79.9. The second kappa shape index (κ2) is 8.83. The fourth-order valence-corrected chi connectivity index (χ4v) is 0. The minimum atomic E-state index is 0. The predicted octanol–water partition coefficient (Wildman–Crippen LogP) is -4.55. The molecule has 0 unspecified atom stereocenters. The molecule has 0 aliphatic carbocycles. The average molecular weight is 141 g/mol. The maximum atomic E-state index is 4.90. The fraction of sp³-hybridized carbons (Fsp3) is 1.00. The van der Waals surface area contributed by atoms with Crippen molar-refractivity contribution in [1.29, 1.82) is 0 Å². The van der Waals surface area contributed by atoms with Crippen LogP contribution in [0.15, 0.2) is 0 Å². The first-order chi connectivity index (χ1) is 1.91. The van der Waals surface area contributed by atoms with E-state index < -0.39 is 0 Å². The van der Waals surface area contributed by atoms with Crippen molar-refractivity contribution in [2.75, 3.05) is 6.54 Å². The van der Waals surface area contributed by atoms with E-state index in [2.05, 4.69) is 0 Å². The molecule has 3 heteroatoms. The van der Waals surface area contributed by atoms with Crippen molar-refractivity contribution >= 4 is 0 Å². The number of nitrogens with two attached hydrogens (primary N) is 2. The van der Waals surface area contributed by atoms with Gasteiger partial charge in [0.05, 0.1) is 6.54 Å². The zero-order valence-electron chi connectivity index (χ0n) is 3.24. The van der Waals surface area contributed by atoms with Gasteiger partial charge < -0.3 is 17.0 Å². The maximum absolute atomic E-state index is 4.90. The lowest BCUT2D eigenvalue weighted by molar-refractivity contribution is -0.664. The molecule has 0 saturated carbocycles. The van der Waals surface area contributed by atoms with Gasteiger partial charge in [0.25, 0.3) is 0 Å².